The van der Waals surface area contributed by atoms with Crippen molar-refractivity contribution in [2.24, 2.45) is 5.73 Å². The Balaban J connectivity index is 1.59. The molecule has 3 aromatic heterocycles. The molecule has 142 valence electrons. The second-order valence-corrected chi connectivity index (χ2v) is 6.81. The minimum atomic E-state index is 0.326. The summed E-state index contributed by atoms with van der Waals surface area (Å²) < 4.78 is 6.98. The van der Waals surface area contributed by atoms with Gasteiger partial charge in [-0.1, -0.05) is 0 Å². The van der Waals surface area contributed by atoms with E-state index in [0.29, 0.717) is 18.5 Å². The van der Waals surface area contributed by atoms with Crippen LogP contribution in [0.25, 0.3) is 5.52 Å². The van der Waals surface area contributed by atoms with Crippen molar-refractivity contribution in [1.82, 2.24) is 29.5 Å². The molecule has 4 heterocycles. The highest BCUT2D eigenvalue weighted by Gasteiger charge is 2.19. The number of nitrogens with zero attached hydrogens (tertiary/aromatic N) is 6. The first kappa shape index (κ1) is 17.8. The van der Waals surface area contributed by atoms with Gasteiger partial charge in [0.2, 0.25) is 0 Å². The Bertz CT molecular complexity index is 903. The zero-order valence-electron chi connectivity index (χ0n) is 15.4. The Morgan fingerprint density at radius 1 is 1.22 bits per heavy atom. The third-order valence-electron chi connectivity index (χ3n) is 4.83. The second kappa shape index (κ2) is 7.95. The van der Waals surface area contributed by atoms with Crippen LogP contribution in [-0.4, -0.2) is 55.7 Å². The summed E-state index contributed by atoms with van der Waals surface area (Å²) in [6, 6.07) is 4.28. The molecule has 1 saturated heterocycles. The van der Waals surface area contributed by atoms with Crippen LogP contribution in [-0.2, 0) is 17.9 Å². The van der Waals surface area contributed by atoms with E-state index in [4.69, 9.17) is 10.5 Å². The Labute approximate surface area is 157 Å². The predicted octanol–water partition coefficient (Wildman–Crippen LogP) is 1.33. The molecule has 0 spiro atoms. The van der Waals surface area contributed by atoms with Crippen LogP contribution < -0.4 is 11.1 Å². The molecular formula is C18H24N8O. The number of hydrogen-bond acceptors (Lipinski definition) is 8. The lowest BCUT2D eigenvalue weighted by Crippen LogP contribution is -2.39. The van der Waals surface area contributed by atoms with Crippen LogP contribution in [0.1, 0.15) is 24.1 Å². The van der Waals surface area contributed by atoms with Gasteiger partial charge >= 0.3 is 0 Å². The van der Waals surface area contributed by atoms with Crippen LogP contribution in [0.3, 0.4) is 0 Å². The molecule has 4 rings (SSSR count). The fourth-order valence-corrected chi connectivity index (χ4v) is 3.40. The van der Waals surface area contributed by atoms with Gasteiger partial charge in [-0.3, -0.25) is 4.90 Å². The van der Waals surface area contributed by atoms with Gasteiger partial charge in [-0.25, -0.2) is 19.5 Å². The van der Waals surface area contributed by atoms with Gasteiger partial charge < -0.3 is 15.8 Å². The third-order valence-corrected chi connectivity index (χ3v) is 4.83. The Hall–Kier alpha value is -2.62. The first-order chi connectivity index (χ1) is 13.2. The summed E-state index contributed by atoms with van der Waals surface area (Å²) >= 11 is 0. The van der Waals surface area contributed by atoms with E-state index in [9.17, 15) is 0 Å². The molecule has 1 aliphatic heterocycles. The maximum atomic E-state index is 6.02. The van der Waals surface area contributed by atoms with Gasteiger partial charge in [0.15, 0.2) is 5.82 Å². The summed E-state index contributed by atoms with van der Waals surface area (Å²) in [6.45, 7) is 3.32. The summed E-state index contributed by atoms with van der Waals surface area (Å²) in [6.07, 6.45) is 7.10. The maximum Gasteiger partial charge on any atom is 0.159 e. The molecule has 3 aromatic rings. The molecular weight excluding hydrogens is 344 g/mol. The second-order valence-electron chi connectivity index (χ2n) is 6.81. The topological polar surface area (TPSA) is 106 Å². The zero-order valence-corrected chi connectivity index (χ0v) is 15.4. The molecule has 27 heavy (non-hydrogen) atoms. The number of rotatable bonds is 6. The average Bonchev–Trinajstić information content (AvgIpc) is 3.08. The van der Waals surface area contributed by atoms with Crippen molar-refractivity contribution in [2.45, 2.75) is 32.0 Å². The molecule has 9 nitrogen and oxygen atoms in total. The number of hydrogen-bond donors (Lipinski definition) is 2. The van der Waals surface area contributed by atoms with Crippen molar-refractivity contribution in [1.29, 1.82) is 0 Å². The molecule has 0 aromatic carbocycles. The van der Waals surface area contributed by atoms with Gasteiger partial charge in [0.1, 0.15) is 24.0 Å². The molecule has 1 fully saturated rings. The van der Waals surface area contributed by atoms with Gasteiger partial charge in [0.25, 0.3) is 0 Å². The number of ether oxygens (including phenoxy) is 1. The number of anilines is 2. The molecule has 0 bridgehead atoms. The number of nitrogens with two attached hydrogens (primary N) is 1. The van der Waals surface area contributed by atoms with E-state index < -0.39 is 0 Å². The van der Waals surface area contributed by atoms with Gasteiger partial charge in [0.05, 0.1) is 12.3 Å². The largest absolute Gasteiger partial charge is 0.378 e. The van der Waals surface area contributed by atoms with Crippen LogP contribution in [0.2, 0.25) is 0 Å². The van der Waals surface area contributed by atoms with E-state index in [1.807, 2.05) is 16.8 Å². The summed E-state index contributed by atoms with van der Waals surface area (Å²) in [5, 5.41) is 7.63. The first-order valence-corrected chi connectivity index (χ1v) is 9.09. The molecule has 0 unspecified atom stereocenters. The quantitative estimate of drug-likeness (QED) is 0.671. The van der Waals surface area contributed by atoms with E-state index in [1.165, 1.54) is 18.2 Å². The monoisotopic (exact) mass is 368 g/mol. The minimum absolute atomic E-state index is 0.326. The number of fused-ring (bicyclic) bond motifs is 1. The number of methoxy groups -OCH3 is 1. The summed E-state index contributed by atoms with van der Waals surface area (Å²) in [4.78, 5) is 15.4. The predicted molar refractivity (Wildman–Crippen MR) is 102 cm³/mol. The van der Waals surface area contributed by atoms with Crippen LogP contribution in [0.15, 0.2) is 31.0 Å². The van der Waals surface area contributed by atoms with Crippen LogP contribution in [0, 0.1) is 0 Å². The highest BCUT2D eigenvalue weighted by Crippen LogP contribution is 2.24. The maximum absolute atomic E-state index is 6.02. The van der Waals surface area contributed by atoms with Crippen LogP contribution in [0.4, 0.5) is 11.6 Å². The van der Waals surface area contributed by atoms with Crippen LogP contribution >= 0.6 is 0 Å². The SMILES string of the molecule is COCc1cc(Nc2ncnn3ccc(CN4CCC(N)CC4)c23)ncn1. The molecule has 0 saturated carbocycles. The molecule has 0 amide bonds. The van der Waals surface area contributed by atoms with E-state index in [-0.39, 0.29) is 0 Å². The number of nitrogens with one attached hydrogen (secondary N) is 1. The molecule has 3 N–H and O–H groups in total. The fraction of sp³-hybridized carbons (Fsp3) is 0.444. The Morgan fingerprint density at radius 3 is 2.89 bits per heavy atom. The van der Waals surface area contributed by atoms with E-state index >= 15 is 0 Å². The van der Waals surface area contributed by atoms with Gasteiger partial charge in [-0.15, -0.1) is 0 Å². The van der Waals surface area contributed by atoms with Crippen molar-refractivity contribution in [3.05, 3.63) is 42.2 Å². The molecule has 1 aliphatic rings. The van der Waals surface area contributed by atoms with Crippen molar-refractivity contribution >= 4 is 17.2 Å². The first-order valence-electron chi connectivity index (χ1n) is 9.09. The Morgan fingerprint density at radius 2 is 2.07 bits per heavy atom. The lowest BCUT2D eigenvalue weighted by Gasteiger charge is -2.29. The van der Waals surface area contributed by atoms with E-state index in [2.05, 4.69) is 36.3 Å². The zero-order chi connectivity index (χ0) is 18.6. The number of piperidine rings is 1. The van der Waals surface area contributed by atoms with Gasteiger partial charge in [0, 0.05) is 32.0 Å². The van der Waals surface area contributed by atoms with E-state index in [1.54, 1.807) is 7.11 Å². The van der Waals surface area contributed by atoms with Crippen molar-refractivity contribution in [3.8, 4) is 0 Å². The van der Waals surface area contributed by atoms with Crippen LogP contribution in [0.5, 0.6) is 0 Å². The smallest absolute Gasteiger partial charge is 0.159 e. The molecule has 0 atom stereocenters. The molecule has 0 aliphatic carbocycles. The summed E-state index contributed by atoms with van der Waals surface area (Å²) in [5.41, 5.74) is 8.97. The Kier molecular flexibility index (Phi) is 5.23. The lowest BCUT2D eigenvalue weighted by atomic mass is 10.1. The number of aromatic nitrogens is 5. The van der Waals surface area contributed by atoms with Crippen molar-refractivity contribution in [3.63, 3.8) is 0 Å². The summed E-state index contributed by atoms with van der Waals surface area (Å²) in [7, 11) is 1.64. The van der Waals surface area contributed by atoms with Crippen molar-refractivity contribution in [2.75, 3.05) is 25.5 Å². The van der Waals surface area contributed by atoms with Gasteiger partial charge in [-0.05, 0) is 37.6 Å². The third kappa shape index (κ3) is 4.05. The normalized spacial score (nSPS) is 16.1. The minimum Gasteiger partial charge on any atom is -0.378 e. The van der Waals surface area contributed by atoms with Crippen molar-refractivity contribution < 1.29 is 4.74 Å². The molecule has 9 heteroatoms. The summed E-state index contributed by atoms with van der Waals surface area (Å²) in [5.74, 6) is 1.40. The lowest BCUT2D eigenvalue weighted by molar-refractivity contribution is 0.181. The highest BCUT2D eigenvalue weighted by atomic mass is 16.5. The fourth-order valence-electron chi connectivity index (χ4n) is 3.40. The van der Waals surface area contributed by atoms with Gasteiger partial charge in [-0.2, -0.15) is 5.10 Å². The standard InChI is InChI=1S/C18H24N8O/c1-27-10-15-8-16(21-11-20-15)24-18-17-13(2-7-26(17)23-12-22-18)9-25-5-3-14(19)4-6-25/h2,7-8,11-12,14H,3-6,9-10,19H2,1H3,(H,20,21,22,23,24). The molecule has 0 radical (unpaired) electrons. The average molecular weight is 368 g/mol. The highest BCUT2D eigenvalue weighted by molar-refractivity contribution is 5.75. The number of likely N-dealkylation sites (tertiary alicyclic amines) is 1. The van der Waals surface area contributed by atoms with E-state index in [0.717, 1.165) is 49.5 Å².